The molecule has 18 heavy (non-hydrogen) atoms. The highest BCUT2D eigenvalue weighted by Crippen LogP contribution is 2.19. The largest absolute Gasteiger partial charge is 0.382 e. The second kappa shape index (κ2) is 7.62. The van der Waals surface area contributed by atoms with Crippen molar-refractivity contribution in [3.05, 3.63) is 29.3 Å². The average molecular weight is 272 g/mol. The van der Waals surface area contributed by atoms with Gasteiger partial charge in [0.25, 0.3) is 0 Å². The van der Waals surface area contributed by atoms with E-state index in [1.807, 2.05) is 24.3 Å². The third-order valence-electron chi connectivity index (χ3n) is 2.84. The molecule has 102 valence electrons. The molecule has 4 heteroatoms. The molecule has 0 saturated carbocycles. The van der Waals surface area contributed by atoms with E-state index >= 15 is 0 Å². The molecule has 1 aromatic rings. The average Bonchev–Trinajstić information content (AvgIpc) is 2.35. The molecule has 0 heterocycles. The topological polar surface area (TPSA) is 30.5 Å². The summed E-state index contributed by atoms with van der Waals surface area (Å²) in [5.41, 5.74) is 0.830. The van der Waals surface area contributed by atoms with Crippen molar-refractivity contribution < 1.29 is 9.47 Å². The third kappa shape index (κ3) is 5.71. The summed E-state index contributed by atoms with van der Waals surface area (Å²) >= 11 is 6.02. The predicted molar refractivity (Wildman–Crippen MR) is 76.5 cm³/mol. The number of benzene rings is 1. The van der Waals surface area contributed by atoms with E-state index in [0.29, 0.717) is 13.2 Å². The van der Waals surface area contributed by atoms with Gasteiger partial charge in [-0.05, 0) is 32.4 Å². The summed E-state index contributed by atoms with van der Waals surface area (Å²) in [4.78, 5) is 0. The number of halogens is 1. The highest BCUT2D eigenvalue weighted by Gasteiger charge is 2.15. The Bertz CT molecular complexity index is 355. The fourth-order valence-corrected chi connectivity index (χ4v) is 1.59. The molecule has 1 rings (SSSR count). The Morgan fingerprint density at radius 1 is 1.22 bits per heavy atom. The highest BCUT2D eigenvalue weighted by molar-refractivity contribution is 6.33. The van der Waals surface area contributed by atoms with Crippen LogP contribution in [0.5, 0.6) is 0 Å². The van der Waals surface area contributed by atoms with E-state index in [-0.39, 0.29) is 5.60 Å². The number of anilines is 1. The van der Waals surface area contributed by atoms with E-state index in [1.165, 1.54) is 0 Å². The van der Waals surface area contributed by atoms with E-state index < -0.39 is 0 Å². The van der Waals surface area contributed by atoms with Gasteiger partial charge in [-0.25, -0.2) is 0 Å². The van der Waals surface area contributed by atoms with Crippen LogP contribution in [0.3, 0.4) is 0 Å². The number of rotatable bonds is 8. The molecular formula is C14H22ClNO2. The number of ether oxygens (including phenoxy) is 2. The van der Waals surface area contributed by atoms with Crippen LogP contribution in [-0.2, 0) is 9.47 Å². The van der Waals surface area contributed by atoms with Crippen LogP contribution in [0.15, 0.2) is 24.3 Å². The van der Waals surface area contributed by atoms with Gasteiger partial charge in [-0.1, -0.05) is 23.7 Å². The van der Waals surface area contributed by atoms with Crippen LogP contribution in [0.25, 0.3) is 0 Å². The summed E-state index contributed by atoms with van der Waals surface area (Å²) in [6.07, 6.45) is 0.885. The Balaban J connectivity index is 2.11. The van der Waals surface area contributed by atoms with Crippen LogP contribution in [0.1, 0.15) is 20.3 Å². The molecule has 1 N–H and O–H groups in total. The number of para-hydroxylation sites is 1. The molecule has 0 aliphatic carbocycles. The van der Waals surface area contributed by atoms with Crippen molar-refractivity contribution >= 4 is 17.3 Å². The standard InChI is InChI=1S/C14H22ClNO2/c1-14(2,17-3)8-10-18-11-9-16-13-7-5-4-6-12(13)15/h4-7,16H,8-11H2,1-3H3. The normalized spacial score (nSPS) is 11.6. The van der Waals surface area contributed by atoms with Gasteiger partial charge in [0, 0.05) is 20.3 Å². The zero-order valence-electron chi connectivity index (χ0n) is 11.3. The Morgan fingerprint density at radius 3 is 2.61 bits per heavy atom. The number of nitrogens with one attached hydrogen (secondary N) is 1. The van der Waals surface area contributed by atoms with E-state index in [2.05, 4.69) is 19.2 Å². The lowest BCUT2D eigenvalue weighted by Gasteiger charge is -2.22. The molecule has 0 atom stereocenters. The van der Waals surface area contributed by atoms with Gasteiger partial charge in [-0.15, -0.1) is 0 Å². The van der Waals surface area contributed by atoms with Crippen LogP contribution in [-0.4, -0.2) is 32.5 Å². The summed E-state index contributed by atoms with van der Waals surface area (Å²) in [5.74, 6) is 0. The van der Waals surface area contributed by atoms with Gasteiger partial charge < -0.3 is 14.8 Å². The van der Waals surface area contributed by atoms with E-state index in [4.69, 9.17) is 21.1 Å². The molecule has 0 spiro atoms. The lowest BCUT2D eigenvalue weighted by molar-refractivity contribution is -0.00856. The maximum atomic E-state index is 6.02. The summed E-state index contributed by atoms with van der Waals surface area (Å²) in [6.45, 7) is 6.21. The number of methoxy groups -OCH3 is 1. The molecule has 0 saturated heterocycles. The SMILES string of the molecule is COC(C)(C)CCOCCNc1ccccc1Cl. The third-order valence-corrected chi connectivity index (χ3v) is 3.17. The molecule has 0 fully saturated rings. The summed E-state index contributed by atoms with van der Waals surface area (Å²) in [5, 5.41) is 3.97. The molecule has 0 aliphatic rings. The molecule has 1 aromatic carbocycles. The van der Waals surface area contributed by atoms with Crippen LogP contribution in [0, 0.1) is 0 Å². The molecule has 0 radical (unpaired) electrons. The van der Waals surface area contributed by atoms with E-state index in [9.17, 15) is 0 Å². The van der Waals surface area contributed by atoms with Gasteiger partial charge in [0.05, 0.1) is 22.9 Å². The number of hydrogen-bond donors (Lipinski definition) is 1. The van der Waals surface area contributed by atoms with E-state index in [0.717, 1.165) is 23.7 Å². The van der Waals surface area contributed by atoms with Gasteiger partial charge in [-0.2, -0.15) is 0 Å². The first-order valence-electron chi connectivity index (χ1n) is 6.16. The zero-order chi connectivity index (χ0) is 13.4. The van der Waals surface area contributed by atoms with Crippen molar-refractivity contribution in [3.63, 3.8) is 0 Å². The van der Waals surface area contributed by atoms with Gasteiger partial charge in [0.2, 0.25) is 0 Å². The van der Waals surface area contributed by atoms with Crippen molar-refractivity contribution in [1.82, 2.24) is 0 Å². The molecule has 0 aliphatic heterocycles. The van der Waals surface area contributed by atoms with Crippen molar-refractivity contribution in [1.29, 1.82) is 0 Å². The molecule has 0 bridgehead atoms. The highest BCUT2D eigenvalue weighted by atomic mass is 35.5. The van der Waals surface area contributed by atoms with Crippen molar-refractivity contribution in [2.75, 3.05) is 32.2 Å². The Kier molecular flexibility index (Phi) is 6.47. The van der Waals surface area contributed by atoms with Gasteiger partial charge in [0.15, 0.2) is 0 Å². The van der Waals surface area contributed by atoms with Gasteiger partial charge >= 0.3 is 0 Å². The molecule has 0 unspecified atom stereocenters. The van der Waals surface area contributed by atoms with Gasteiger partial charge in [0.1, 0.15) is 0 Å². The molecular weight excluding hydrogens is 250 g/mol. The first-order valence-corrected chi connectivity index (χ1v) is 6.54. The first kappa shape index (κ1) is 15.3. The first-order chi connectivity index (χ1) is 8.55. The Hall–Kier alpha value is -0.770. The lowest BCUT2D eigenvalue weighted by Crippen LogP contribution is -2.25. The number of hydrogen-bond acceptors (Lipinski definition) is 3. The smallest absolute Gasteiger partial charge is 0.0644 e. The molecule has 0 amide bonds. The molecule has 0 aromatic heterocycles. The summed E-state index contributed by atoms with van der Waals surface area (Å²) in [6, 6.07) is 7.69. The second-order valence-corrected chi connectivity index (χ2v) is 5.14. The monoisotopic (exact) mass is 271 g/mol. The zero-order valence-corrected chi connectivity index (χ0v) is 12.1. The van der Waals surface area contributed by atoms with E-state index in [1.54, 1.807) is 7.11 Å². The minimum absolute atomic E-state index is 0.115. The maximum absolute atomic E-state index is 6.02. The van der Waals surface area contributed by atoms with Crippen LogP contribution >= 0.6 is 11.6 Å². The fraction of sp³-hybridized carbons (Fsp3) is 0.571. The maximum Gasteiger partial charge on any atom is 0.0644 e. The van der Waals surface area contributed by atoms with Crippen LogP contribution in [0.2, 0.25) is 5.02 Å². The summed E-state index contributed by atoms with van der Waals surface area (Å²) < 4.78 is 10.9. The Labute approximate surface area is 114 Å². The lowest BCUT2D eigenvalue weighted by atomic mass is 10.1. The van der Waals surface area contributed by atoms with Crippen LogP contribution < -0.4 is 5.32 Å². The van der Waals surface area contributed by atoms with Crippen molar-refractivity contribution in [3.8, 4) is 0 Å². The quantitative estimate of drug-likeness (QED) is 0.733. The summed E-state index contributed by atoms with van der Waals surface area (Å²) in [7, 11) is 1.72. The minimum atomic E-state index is -0.115. The molecule has 3 nitrogen and oxygen atoms in total. The van der Waals surface area contributed by atoms with Crippen molar-refractivity contribution in [2.24, 2.45) is 0 Å². The Morgan fingerprint density at radius 2 is 1.94 bits per heavy atom. The second-order valence-electron chi connectivity index (χ2n) is 4.73. The van der Waals surface area contributed by atoms with Crippen LogP contribution in [0.4, 0.5) is 5.69 Å². The van der Waals surface area contributed by atoms with Crippen molar-refractivity contribution in [2.45, 2.75) is 25.9 Å². The predicted octanol–water partition coefficient (Wildman–Crippen LogP) is 3.58. The minimum Gasteiger partial charge on any atom is -0.382 e. The van der Waals surface area contributed by atoms with Gasteiger partial charge in [-0.3, -0.25) is 0 Å². The fourth-order valence-electron chi connectivity index (χ4n) is 1.38.